The molecule has 2 nitrogen and oxygen atoms in total. The Labute approximate surface area is 146 Å². The second-order valence-electron chi connectivity index (χ2n) is 6.11. The van der Waals surface area contributed by atoms with Crippen molar-refractivity contribution in [3.05, 3.63) is 70.0 Å². The summed E-state index contributed by atoms with van der Waals surface area (Å²) < 4.78 is 38.5. The highest BCUT2D eigenvalue weighted by Gasteiger charge is 2.13. The summed E-state index contributed by atoms with van der Waals surface area (Å²) in [6.45, 7) is 7.48. The number of nitriles is 2. The van der Waals surface area contributed by atoms with Gasteiger partial charge >= 0.3 is 0 Å². The molecule has 0 radical (unpaired) electrons. The average Bonchev–Trinajstić information content (AvgIpc) is 2.53. The van der Waals surface area contributed by atoms with Crippen molar-refractivity contribution >= 4 is 0 Å². The Morgan fingerprint density at radius 3 is 1.80 bits per heavy atom. The minimum Gasteiger partial charge on any atom is -0.207 e. The number of rotatable bonds is 2. The van der Waals surface area contributed by atoms with Crippen molar-refractivity contribution in [2.75, 3.05) is 0 Å². The molecule has 0 amide bonds. The molecular weight excluding hydrogens is 325 g/mol. The molecule has 0 bridgehead atoms. The van der Waals surface area contributed by atoms with Gasteiger partial charge in [-0.3, -0.25) is 0 Å². The highest BCUT2D eigenvalue weighted by molar-refractivity contribution is 5.41. The van der Waals surface area contributed by atoms with Crippen LogP contribution in [0.4, 0.5) is 13.2 Å². The van der Waals surface area contributed by atoms with Gasteiger partial charge in [-0.05, 0) is 35.6 Å². The van der Waals surface area contributed by atoms with E-state index in [1.807, 2.05) is 19.9 Å². The Bertz CT molecular complexity index is 828. The SMILES string of the molecule is CC(C)c1c(F)cc(F)cc1C#N.CC(C)c1ccc(F)cc1C#N. The fourth-order valence-corrected chi connectivity index (χ4v) is 2.39. The summed E-state index contributed by atoms with van der Waals surface area (Å²) in [5, 5.41) is 17.3. The highest BCUT2D eigenvalue weighted by atomic mass is 19.1. The van der Waals surface area contributed by atoms with Gasteiger partial charge in [0.25, 0.3) is 0 Å². The first-order valence-corrected chi connectivity index (χ1v) is 7.79. The molecular formula is C20H19F3N2. The summed E-state index contributed by atoms with van der Waals surface area (Å²) in [5.41, 5.74) is 1.69. The quantitative estimate of drug-likeness (QED) is 0.693. The zero-order valence-electron chi connectivity index (χ0n) is 14.6. The predicted molar refractivity (Wildman–Crippen MR) is 90.4 cm³/mol. The summed E-state index contributed by atoms with van der Waals surface area (Å²) in [7, 11) is 0. The maximum absolute atomic E-state index is 13.2. The molecule has 2 aromatic rings. The van der Waals surface area contributed by atoms with Crippen LogP contribution in [0.1, 0.15) is 61.8 Å². The minimum absolute atomic E-state index is 0.0764. The van der Waals surface area contributed by atoms with Crippen molar-refractivity contribution in [1.82, 2.24) is 0 Å². The Morgan fingerprint density at radius 1 is 0.760 bits per heavy atom. The van der Waals surface area contributed by atoms with Crippen LogP contribution in [0, 0.1) is 40.1 Å². The lowest BCUT2D eigenvalue weighted by Gasteiger charge is -2.08. The van der Waals surface area contributed by atoms with E-state index >= 15 is 0 Å². The molecule has 0 saturated heterocycles. The molecule has 0 spiro atoms. The molecule has 0 atom stereocenters. The zero-order chi connectivity index (χ0) is 19.1. The van der Waals surface area contributed by atoms with Crippen LogP contribution >= 0.6 is 0 Å². The third-order valence-electron chi connectivity index (χ3n) is 3.55. The molecule has 5 heteroatoms. The molecule has 0 N–H and O–H groups in total. The molecule has 0 aliphatic rings. The van der Waals surface area contributed by atoms with Crippen LogP contribution in [0.3, 0.4) is 0 Å². The summed E-state index contributed by atoms with van der Waals surface area (Å²) in [5.74, 6) is -1.56. The van der Waals surface area contributed by atoms with E-state index in [0.29, 0.717) is 5.56 Å². The van der Waals surface area contributed by atoms with E-state index in [-0.39, 0.29) is 28.8 Å². The Kier molecular flexibility index (Phi) is 7.21. The van der Waals surface area contributed by atoms with Gasteiger partial charge < -0.3 is 0 Å². The molecule has 2 rings (SSSR count). The Morgan fingerprint density at radius 2 is 1.32 bits per heavy atom. The van der Waals surface area contributed by atoms with Crippen LogP contribution in [-0.4, -0.2) is 0 Å². The third kappa shape index (κ3) is 5.36. The van der Waals surface area contributed by atoms with Gasteiger partial charge in [0.05, 0.1) is 23.3 Å². The predicted octanol–water partition coefficient (Wildman–Crippen LogP) is 5.78. The molecule has 25 heavy (non-hydrogen) atoms. The van der Waals surface area contributed by atoms with Gasteiger partial charge in [0, 0.05) is 11.6 Å². The number of nitrogens with zero attached hydrogens (tertiary/aromatic N) is 2. The number of hydrogen-bond acceptors (Lipinski definition) is 2. The van der Waals surface area contributed by atoms with Gasteiger partial charge in [0.2, 0.25) is 0 Å². The number of hydrogen-bond donors (Lipinski definition) is 0. The first kappa shape index (κ1) is 20.3. The number of benzene rings is 2. The Hall–Kier alpha value is -2.79. The fourth-order valence-electron chi connectivity index (χ4n) is 2.39. The first-order chi connectivity index (χ1) is 11.7. The largest absolute Gasteiger partial charge is 0.207 e. The number of halogens is 3. The van der Waals surface area contributed by atoms with Crippen molar-refractivity contribution < 1.29 is 13.2 Å². The molecule has 0 unspecified atom stereocenters. The second kappa shape index (κ2) is 8.89. The molecule has 0 saturated carbocycles. The summed E-state index contributed by atoms with van der Waals surface area (Å²) in [6.07, 6.45) is 0. The fraction of sp³-hybridized carbons (Fsp3) is 0.300. The topological polar surface area (TPSA) is 47.6 Å². The van der Waals surface area contributed by atoms with Crippen molar-refractivity contribution in [3.8, 4) is 12.1 Å². The third-order valence-corrected chi connectivity index (χ3v) is 3.55. The van der Waals surface area contributed by atoms with E-state index in [2.05, 4.69) is 0 Å². The van der Waals surface area contributed by atoms with E-state index in [0.717, 1.165) is 17.7 Å². The zero-order valence-corrected chi connectivity index (χ0v) is 14.6. The summed E-state index contributed by atoms with van der Waals surface area (Å²) in [6, 6.07) is 9.94. The van der Waals surface area contributed by atoms with Crippen molar-refractivity contribution in [3.63, 3.8) is 0 Å². The molecule has 0 fully saturated rings. The van der Waals surface area contributed by atoms with E-state index in [1.165, 1.54) is 12.1 Å². The van der Waals surface area contributed by atoms with Crippen molar-refractivity contribution in [1.29, 1.82) is 10.5 Å². The van der Waals surface area contributed by atoms with Gasteiger partial charge in [-0.25, -0.2) is 13.2 Å². The van der Waals surface area contributed by atoms with Crippen molar-refractivity contribution in [2.45, 2.75) is 39.5 Å². The van der Waals surface area contributed by atoms with Gasteiger partial charge in [-0.2, -0.15) is 10.5 Å². The smallest absolute Gasteiger partial charge is 0.130 e. The average molecular weight is 344 g/mol. The minimum atomic E-state index is -0.710. The summed E-state index contributed by atoms with van der Waals surface area (Å²) in [4.78, 5) is 0. The first-order valence-electron chi connectivity index (χ1n) is 7.79. The molecule has 0 aliphatic heterocycles. The van der Waals surface area contributed by atoms with Gasteiger partial charge in [-0.1, -0.05) is 33.8 Å². The lowest BCUT2D eigenvalue weighted by Crippen LogP contribution is -1.98. The van der Waals surface area contributed by atoms with E-state index in [9.17, 15) is 13.2 Å². The lowest BCUT2D eigenvalue weighted by atomic mass is 9.97. The van der Waals surface area contributed by atoms with Gasteiger partial charge in [0.1, 0.15) is 17.5 Å². The monoisotopic (exact) mass is 344 g/mol. The van der Waals surface area contributed by atoms with Crippen LogP contribution < -0.4 is 0 Å². The van der Waals surface area contributed by atoms with Crippen LogP contribution in [0.25, 0.3) is 0 Å². The maximum atomic E-state index is 13.2. The lowest BCUT2D eigenvalue weighted by molar-refractivity contribution is 0.564. The van der Waals surface area contributed by atoms with Crippen LogP contribution in [-0.2, 0) is 0 Å². The van der Waals surface area contributed by atoms with Crippen LogP contribution in [0.5, 0.6) is 0 Å². The van der Waals surface area contributed by atoms with Crippen LogP contribution in [0.2, 0.25) is 0 Å². The summed E-state index contributed by atoms with van der Waals surface area (Å²) >= 11 is 0. The normalized spacial score (nSPS) is 10.0. The van der Waals surface area contributed by atoms with Crippen LogP contribution in [0.15, 0.2) is 30.3 Å². The van der Waals surface area contributed by atoms with E-state index in [4.69, 9.17) is 10.5 Å². The molecule has 0 aliphatic carbocycles. The maximum Gasteiger partial charge on any atom is 0.130 e. The molecule has 0 aromatic heterocycles. The Balaban J connectivity index is 0.000000251. The highest BCUT2D eigenvalue weighted by Crippen LogP contribution is 2.23. The van der Waals surface area contributed by atoms with E-state index < -0.39 is 11.6 Å². The van der Waals surface area contributed by atoms with Crippen molar-refractivity contribution in [2.24, 2.45) is 0 Å². The van der Waals surface area contributed by atoms with E-state index in [1.54, 1.807) is 26.0 Å². The molecule has 2 aromatic carbocycles. The standard InChI is InChI=1S/C10H9F2N.C10H10FN/c1-6(2)10-7(5-13)3-8(11)4-9(10)12;1-7(2)10-4-3-9(11)5-8(10)6-12/h3-4,6H,1-2H3;3-5,7H,1-2H3. The second-order valence-corrected chi connectivity index (χ2v) is 6.11. The van der Waals surface area contributed by atoms with Gasteiger partial charge in [-0.15, -0.1) is 0 Å². The van der Waals surface area contributed by atoms with Gasteiger partial charge in [0.15, 0.2) is 0 Å². The molecule has 130 valence electrons. The molecule has 0 heterocycles.